The van der Waals surface area contributed by atoms with Crippen LogP contribution >= 0.6 is 0 Å². The van der Waals surface area contributed by atoms with Crippen molar-refractivity contribution in [3.8, 4) is 16.9 Å². The van der Waals surface area contributed by atoms with Crippen molar-refractivity contribution in [3.05, 3.63) is 54.6 Å². The highest BCUT2D eigenvalue weighted by molar-refractivity contribution is 5.76. The van der Waals surface area contributed by atoms with E-state index in [1.165, 1.54) is 5.56 Å². The van der Waals surface area contributed by atoms with Crippen molar-refractivity contribution < 1.29 is 14.3 Å². The van der Waals surface area contributed by atoms with Gasteiger partial charge in [0.1, 0.15) is 24.0 Å². The third kappa shape index (κ3) is 6.33. The highest BCUT2D eigenvalue weighted by atomic mass is 16.6. The van der Waals surface area contributed by atoms with E-state index in [2.05, 4.69) is 38.1 Å². The molecule has 0 bridgehead atoms. The first-order valence-corrected chi connectivity index (χ1v) is 10.7. The molecule has 0 aliphatic carbocycles. The summed E-state index contributed by atoms with van der Waals surface area (Å²) in [5, 5.41) is 0. The van der Waals surface area contributed by atoms with Gasteiger partial charge in [-0.05, 0) is 54.9 Å². The fraction of sp³-hybridized carbons (Fsp3) is 0.480. The van der Waals surface area contributed by atoms with E-state index in [1.54, 1.807) is 0 Å². The maximum Gasteiger partial charge on any atom is 0.323 e. The highest BCUT2D eigenvalue weighted by Gasteiger charge is 2.31. The van der Waals surface area contributed by atoms with Crippen LogP contribution in [0.3, 0.4) is 0 Å². The molecular weight excluding hydrogens is 362 g/mol. The molecule has 0 saturated carbocycles. The first-order chi connectivity index (χ1) is 13.9. The molecule has 0 fully saturated rings. The number of nitrogens with two attached hydrogens (primary N) is 1. The number of benzene rings is 2. The molecule has 2 N–H and O–H groups in total. The van der Waals surface area contributed by atoms with Crippen molar-refractivity contribution >= 4 is 5.97 Å². The van der Waals surface area contributed by atoms with E-state index in [9.17, 15) is 4.79 Å². The average molecular weight is 398 g/mol. The molecule has 0 spiro atoms. The van der Waals surface area contributed by atoms with E-state index < -0.39 is 6.04 Å². The quantitative estimate of drug-likeness (QED) is 0.541. The number of hydrogen-bond donors (Lipinski definition) is 1. The van der Waals surface area contributed by atoms with Crippen LogP contribution in [0.15, 0.2) is 54.6 Å². The maximum absolute atomic E-state index is 12.3. The highest BCUT2D eigenvalue weighted by Crippen LogP contribution is 2.27. The van der Waals surface area contributed by atoms with Crippen molar-refractivity contribution in [1.29, 1.82) is 0 Å². The Bertz CT molecular complexity index is 738. The van der Waals surface area contributed by atoms with Gasteiger partial charge in [-0.25, -0.2) is 0 Å². The molecule has 2 aromatic rings. The van der Waals surface area contributed by atoms with Crippen molar-refractivity contribution in [1.82, 2.24) is 0 Å². The van der Waals surface area contributed by atoms with E-state index in [0.29, 0.717) is 0 Å². The summed E-state index contributed by atoms with van der Waals surface area (Å²) in [6, 6.07) is 17.7. The van der Waals surface area contributed by atoms with Crippen LogP contribution in [0.4, 0.5) is 0 Å². The van der Waals surface area contributed by atoms with E-state index >= 15 is 0 Å². The molecule has 0 saturated heterocycles. The van der Waals surface area contributed by atoms with Gasteiger partial charge >= 0.3 is 5.97 Å². The lowest BCUT2D eigenvalue weighted by atomic mass is 9.93. The lowest BCUT2D eigenvalue weighted by molar-refractivity contribution is -0.157. The van der Waals surface area contributed by atoms with Crippen molar-refractivity contribution in [2.45, 2.75) is 65.7 Å². The Morgan fingerprint density at radius 3 is 1.97 bits per heavy atom. The Labute approximate surface area is 175 Å². The third-order valence-corrected chi connectivity index (χ3v) is 5.50. The number of carbonyl (C=O) groups excluding carboxylic acids is 1. The monoisotopic (exact) mass is 397 g/mol. The first-order valence-electron chi connectivity index (χ1n) is 10.7. The van der Waals surface area contributed by atoms with Gasteiger partial charge in [0.25, 0.3) is 0 Å². The topological polar surface area (TPSA) is 61.5 Å². The first kappa shape index (κ1) is 23.0. The smallest absolute Gasteiger partial charge is 0.323 e. The second-order valence-corrected chi connectivity index (χ2v) is 7.96. The summed E-state index contributed by atoms with van der Waals surface area (Å²) in [5.41, 5.74) is 8.26. The van der Waals surface area contributed by atoms with Crippen LogP contribution in [-0.2, 0) is 9.53 Å². The minimum absolute atomic E-state index is 0.0350. The lowest BCUT2D eigenvalue weighted by Crippen LogP contribution is -2.44. The van der Waals surface area contributed by atoms with E-state index in [-0.39, 0.29) is 30.0 Å². The number of hydrogen-bond acceptors (Lipinski definition) is 4. The molecule has 3 atom stereocenters. The molecule has 0 aromatic heterocycles. The van der Waals surface area contributed by atoms with Gasteiger partial charge in [-0.3, -0.25) is 4.79 Å². The Morgan fingerprint density at radius 1 is 0.897 bits per heavy atom. The van der Waals surface area contributed by atoms with Crippen LogP contribution in [0.25, 0.3) is 11.1 Å². The van der Waals surface area contributed by atoms with E-state index in [1.807, 2.05) is 51.1 Å². The minimum atomic E-state index is -0.620. The zero-order valence-electron chi connectivity index (χ0n) is 18.3. The van der Waals surface area contributed by atoms with Gasteiger partial charge in [0.2, 0.25) is 0 Å². The number of carbonyl (C=O) groups is 1. The molecule has 0 amide bonds. The summed E-state index contributed by atoms with van der Waals surface area (Å²) in [6.07, 6.45) is 1.28. The zero-order valence-corrected chi connectivity index (χ0v) is 18.3. The van der Waals surface area contributed by atoms with Gasteiger partial charge in [-0.2, -0.15) is 0 Å². The molecule has 0 unspecified atom stereocenters. The molecule has 29 heavy (non-hydrogen) atoms. The lowest BCUT2D eigenvalue weighted by Gasteiger charge is -2.32. The summed E-state index contributed by atoms with van der Waals surface area (Å²) < 4.78 is 12.0. The second-order valence-electron chi connectivity index (χ2n) is 7.96. The maximum atomic E-state index is 12.3. The van der Waals surface area contributed by atoms with Gasteiger partial charge in [0, 0.05) is 0 Å². The molecule has 2 rings (SSSR count). The van der Waals surface area contributed by atoms with Crippen LogP contribution in [-0.4, -0.2) is 24.2 Å². The largest absolute Gasteiger partial charge is 0.486 e. The van der Waals surface area contributed by atoms with Crippen LogP contribution in [0.5, 0.6) is 5.75 Å². The predicted octanol–water partition coefficient (Wildman–Crippen LogP) is 5.45. The van der Waals surface area contributed by atoms with E-state index in [4.69, 9.17) is 15.2 Å². The summed E-state index contributed by atoms with van der Waals surface area (Å²) in [4.78, 5) is 12.3. The van der Waals surface area contributed by atoms with Crippen molar-refractivity contribution in [2.24, 2.45) is 17.6 Å². The summed E-state index contributed by atoms with van der Waals surface area (Å²) >= 11 is 0. The Morgan fingerprint density at radius 2 is 1.45 bits per heavy atom. The Hall–Kier alpha value is -2.33. The molecule has 0 aliphatic rings. The molecule has 0 heterocycles. The van der Waals surface area contributed by atoms with Gasteiger partial charge in [0.15, 0.2) is 0 Å². The standard InChI is InChI=1S/C25H35NO3/c1-6-19(7-2)24(18(5)28-25(27)23(26)17(3)4)29-22-15-13-21(14-16-22)20-11-9-8-10-12-20/h8-19,23-24H,6-7,26H2,1-5H3/t18-,23-,24-/m0/s1. The number of esters is 1. The number of ether oxygens (including phenoxy) is 2. The molecule has 2 aromatic carbocycles. The average Bonchev–Trinajstić information content (AvgIpc) is 2.74. The molecule has 0 radical (unpaired) electrons. The Kier molecular flexibility index (Phi) is 8.71. The van der Waals surface area contributed by atoms with Gasteiger partial charge in [0.05, 0.1) is 0 Å². The molecule has 0 aliphatic heterocycles. The van der Waals surface area contributed by atoms with Crippen molar-refractivity contribution in [3.63, 3.8) is 0 Å². The summed E-state index contributed by atoms with van der Waals surface area (Å²) in [6.45, 7) is 10.0. The minimum Gasteiger partial charge on any atom is -0.486 e. The van der Waals surface area contributed by atoms with Crippen LogP contribution in [0.1, 0.15) is 47.5 Å². The van der Waals surface area contributed by atoms with Crippen molar-refractivity contribution in [2.75, 3.05) is 0 Å². The zero-order chi connectivity index (χ0) is 21.4. The molecule has 4 heteroatoms. The third-order valence-electron chi connectivity index (χ3n) is 5.50. The number of rotatable bonds is 10. The molecule has 4 nitrogen and oxygen atoms in total. The van der Waals surface area contributed by atoms with Crippen LogP contribution in [0, 0.1) is 11.8 Å². The van der Waals surface area contributed by atoms with Crippen LogP contribution in [0.2, 0.25) is 0 Å². The van der Waals surface area contributed by atoms with Crippen LogP contribution < -0.4 is 10.5 Å². The Balaban J connectivity index is 2.14. The second kappa shape index (κ2) is 11.0. The predicted molar refractivity (Wildman–Crippen MR) is 119 cm³/mol. The molecular formula is C25H35NO3. The van der Waals surface area contributed by atoms with Gasteiger partial charge in [-0.15, -0.1) is 0 Å². The van der Waals surface area contributed by atoms with Gasteiger partial charge in [-0.1, -0.05) is 70.2 Å². The normalized spacial score (nSPS) is 14.5. The summed E-state index contributed by atoms with van der Waals surface area (Å²) in [7, 11) is 0. The fourth-order valence-corrected chi connectivity index (χ4v) is 3.44. The van der Waals surface area contributed by atoms with E-state index in [0.717, 1.165) is 24.2 Å². The SMILES string of the molecule is CCC(CC)[C@@H](Oc1ccc(-c2ccccc2)cc1)[C@H](C)OC(=O)[C@@H](N)C(C)C. The summed E-state index contributed by atoms with van der Waals surface area (Å²) in [5.74, 6) is 0.721. The van der Waals surface area contributed by atoms with Gasteiger partial charge < -0.3 is 15.2 Å². The molecule has 158 valence electrons. The fourth-order valence-electron chi connectivity index (χ4n) is 3.44.